The number of anilines is 1. The zero-order valence-electron chi connectivity index (χ0n) is 14.0. The maximum atomic E-state index is 12.3. The fourth-order valence-corrected chi connectivity index (χ4v) is 2.11. The Morgan fingerprint density at radius 2 is 1.88 bits per heavy atom. The lowest BCUT2D eigenvalue weighted by Gasteiger charge is -2.16. The molecule has 0 saturated carbocycles. The molecule has 1 N–H and O–H groups in total. The number of para-hydroxylation sites is 1. The molecule has 1 atom stereocenters. The average Bonchev–Trinajstić information content (AvgIpc) is 2.57. The van der Waals surface area contributed by atoms with Crippen LogP contribution in [-0.2, 0) is 9.53 Å². The van der Waals surface area contributed by atoms with Gasteiger partial charge in [-0.1, -0.05) is 24.3 Å². The number of hydrogen-bond acceptors (Lipinski definition) is 4. The van der Waals surface area contributed by atoms with Gasteiger partial charge >= 0.3 is 5.97 Å². The van der Waals surface area contributed by atoms with Crippen LogP contribution in [0.15, 0.2) is 48.5 Å². The van der Waals surface area contributed by atoms with Gasteiger partial charge in [0.05, 0.1) is 12.2 Å². The Balaban J connectivity index is 2.02. The van der Waals surface area contributed by atoms with E-state index in [1.165, 1.54) is 0 Å². The molecule has 24 heavy (non-hydrogen) atoms. The van der Waals surface area contributed by atoms with Crippen molar-refractivity contribution < 1.29 is 19.1 Å². The number of rotatable bonds is 6. The minimum Gasteiger partial charge on any atom is -0.481 e. The molecule has 0 saturated heterocycles. The minimum atomic E-state index is -0.669. The van der Waals surface area contributed by atoms with Crippen LogP contribution >= 0.6 is 0 Å². The number of carbonyl (C=O) groups excluding carboxylic acids is 2. The second kappa shape index (κ2) is 8.15. The van der Waals surface area contributed by atoms with Gasteiger partial charge in [-0.15, -0.1) is 0 Å². The normalized spacial score (nSPS) is 11.5. The van der Waals surface area contributed by atoms with Crippen molar-refractivity contribution in [2.75, 3.05) is 11.9 Å². The van der Waals surface area contributed by atoms with Gasteiger partial charge in [-0.05, 0) is 50.6 Å². The first-order valence-corrected chi connectivity index (χ1v) is 7.81. The summed E-state index contributed by atoms with van der Waals surface area (Å²) >= 11 is 0. The molecule has 0 unspecified atom stereocenters. The molecule has 2 aromatic carbocycles. The number of aryl methyl sites for hydroxylation is 1. The van der Waals surface area contributed by atoms with Crippen LogP contribution in [-0.4, -0.2) is 24.6 Å². The molecule has 0 fully saturated rings. The predicted molar refractivity (Wildman–Crippen MR) is 92.3 cm³/mol. The number of nitrogens with one attached hydrogen (secondary N) is 1. The standard InChI is InChI=1S/C19H21NO4/c1-4-23-19(22)15-9-7-10-16(12-15)20-18(21)14(3)24-17-11-6-5-8-13(17)2/h5-12,14H,4H2,1-3H3,(H,20,21)/t14-/m0/s1. The van der Waals surface area contributed by atoms with Crippen LogP contribution in [0.5, 0.6) is 5.75 Å². The van der Waals surface area contributed by atoms with Crippen molar-refractivity contribution in [3.8, 4) is 5.75 Å². The molecule has 0 aliphatic heterocycles. The highest BCUT2D eigenvalue weighted by Gasteiger charge is 2.16. The van der Waals surface area contributed by atoms with Gasteiger partial charge in [0.2, 0.25) is 0 Å². The summed E-state index contributed by atoms with van der Waals surface area (Å²) in [7, 11) is 0. The van der Waals surface area contributed by atoms with E-state index in [1.54, 1.807) is 38.1 Å². The van der Waals surface area contributed by atoms with E-state index in [9.17, 15) is 9.59 Å². The van der Waals surface area contributed by atoms with Crippen molar-refractivity contribution in [3.63, 3.8) is 0 Å². The lowest BCUT2D eigenvalue weighted by molar-refractivity contribution is -0.122. The summed E-state index contributed by atoms with van der Waals surface area (Å²) in [5.74, 6) is -0.0440. The Morgan fingerprint density at radius 3 is 2.58 bits per heavy atom. The molecule has 0 aromatic heterocycles. The number of amides is 1. The predicted octanol–water partition coefficient (Wildman–Crippen LogP) is 3.58. The quantitative estimate of drug-likeness (QED) is 0.824. The first kappa shape index (κ1) is 17.5. The molecule has 0 heterocycles. The second-order valence-electron chi connectivity index (χ2n) is 5.32. The zero-order valence-corrected chi connectivity index (χ0v) is 14.0. The SMILES string of the molecule is CCOC(=O)c1cccc(NC(=O)[C@H](C)Oc2ccccc2C)c1. The molecular weight excluding hydrogens is 306 g/mol. The van der Waals surface area contributed by atoms with Crippen LogP contribution in [0.1, 0.15) is 29.8 Å². The van der Waals surface area contributed by atoms with Gasteiger partial charge in [0.25, 0.3) is 5.91 Å². The third-order valence-electron chi connectivity index (χ3n) is 3.41. The Kier molecular flexibility index (Phi) is 5.95. The van der Waals surface area contributed by atoms with Gasteiger partial charge in [-0.2, -0.15) is 0 Å². The molecule has 2 aromatic rings. The lowest BCUT2D eigenvalue weighted by atomic mass is 10.2. The number of benzene rings is 2. The van der Waals surface area contributed by atoms with Crippen molar-refractivity contribution in [2.45, 2.75) is 26.9 Å². The highest BCUT2D eigenvalue weighted by atomic mass is 16.5. The van der Waals surface area contributed by atoms with E-state index < -0.39 is 12.1 Å². The van der Waals surface area contributed by atoms with Crippen molar-refractivity contribution in [2.24, 2.45) is 0 Å². The third kappa shape index (κ3) is 4.59. The maximum Gasteiger partial charge on any atom is 0.338 e. The summed E-state index contributed by atoms with van der Waals surface area (Å²) < 4.78 is 10.6. The van der Waals surface area contributed by atoms with Crippen molar-refractivity contribution >= 4 is 17.6 Å². The van der Waals surface area contributed by atoms with Gasteiger partial charge in [0, 0.05) is 5.69 Å². The molecule has 0 aliphatic carbocycles. The summed E-state index contributed by atoms with van der Waals surface area (Å²) in [4.78, 5) is 24.0. The molecule has 0 spiro atoms. The average molecular weight is 327 g/mol. The lowest BCUT2D eigenvalue weighted by Crippen LogP contribution is -2.30. The molecule has 126 valence electrons. The van der Waals surface area contributed by atoms with Crippen molar-refractivity contribution in [3.05, 3.63) is 59.7 Å². The highest BCUT2D eigenvalue weighted by Crippen LogP contribution is 2.19. The number of ether oxygens (including phenoxy) is 2. The van der Waals surface area contributed by atoms with Crippen molar-refractivity contribution in [1.29, 1.82) is 0 Å². The highest BCUT2D eigenvalue weighted by molar-refractivity contribution is 5.96. The molecule has 2 rings (SSSR count). The molecule has 5 heteroatoms. The van der Waals surface area contributed by atoms with Crippen LogP contribution in [0.2, 0.25) is 0 Å². The van der Waals surface area contributed by atoms with Gasteiger partial charge < -0.3 is 14.8 Å². The van der Waals surface area contributed by atoms with Crippen LogP contribution < -0.4 is 10.1 Å². The summed E-state index contributed by atoms with van der Waals surface area (Å²) in [5.41, 5.74) is 1.87. The first-order chi connectivity index (χ1) is 11.5. The second-order valence-corrected chi connectivity index (χ2v) is 5.32. The van der Waals surface area contributed by atoms with Gasteiger partial charge in [-0.25, -0.2) is 4.79 Å². The maximum absolute atomic E-state index is 12.3. The Labute approximate surface area is 141 Å². The topological polar surface area (TPSA) is 64.6 Å². The molecule has 1 amide bonds. The Morgan fingerprint density at radius 1 is 1.12 bits per heavy atom. The largest absolute Gasteiger partial charge is 0.481 e. The van der Waals surface area contributed by atoms with Gasteiger partial charge in [0.1, 0.15) is 5.75 Å². The number of esters is 1. The van der Waals surface area contributed by atoms with Crippen LogP contribution in [0, 0.1) is 6.92 Å². The molecular formula is C19H21NO4. The molecule has 0 radical (unpaired) electrons. The molecule has 5 nitrogen and oxygen atoms in total. The summed E-state index contributed by atoms with van der Waals surface area (Å²) in [6.07, 6.45) is -0.669. The number of hydrogen-bond donors (Lipinski definition) is 1. The van der Waals surface area contributed by atoms with Gasteiger partial charge in [0.15, 0.2) is 6.10 Å². The van der Waals surface area contributed by atoms with Crippen LogP contribution in [0.4, 0.5) is 5.69 Å². The number of carbonyl (C=O) groups is 2. The van der Waals surface area contributed by atoms with Crippen LogP contribution in [0.3, 0.4) is 0 Å². The van der Waals surface area contributed by atoms with E-state index >= 15 is 0 Å². The summed E-state index contributed by atoms with van der Waals surface area (Å²) in [6.45, 7) is 5.64. The fraction of sp³-hybridized carbons (Fsp3) is 0.263. The van der Waals surface area contributed by atoms with Crippen molar-refractivity contribution in [1.82, 2.24) is 0 Å². The molecule has 0 bridgehead atoms. The Bertz CT molecular complexity index is 727. The van der Waals surface area contributed by atoms with E-state index in [0.717, 1.165) is 5.56 Å². The van der Waals surface area contributed by atoms with E-state index in [4.69, 9.17) is 9.47 Å². The monoisotopic (exact) mass is 327 g/mol. The third-order valence-corrected chi connectivity index (χ3v) is 3.41. The first-order valence-electron chi connectivity index (χ1n) is 7.81. The summed E-state index contributed by atoms with van der Waals surface area (Å²) in [5, 5.41) is 2.75. The zero-order chi connectivity index (χ0) is 17.5. The van der Waals surface area contributed by atoms with Gasteiger partial charge in [-0.3, -0.25) is 4.79 Å². The smallest absolute Gasteiger partial charge is 0.338 e. The fourth-order valence-electron chi connectivity index (χ4n) is 2.11. The minimum absolute atomic E-state index is 0.292. The van der Waals surface area contributed by atoms with E-state index in [-0.39, 0.29) is 5.91 Å². The van der Waals surface area contributed by atoms with E-state index in [2.05, 4.69) is 5.32 Å². The molecule has 0 aliphatic rings. The van der Waals surface area contributed by atoms with E-state index in [1.807, 2.05) is 31.2 Å². The Hall–Kier alpha value is -2.82. The summed E-state index contributed by atoms with van der Waals surface area (Å²) in [6, 6.07) is 14.1. The van der Waals surface area contributed by atoms with E-state index in [0.29, 0.717) is 23.6 Å². The van der Waals surface area contributed by atoms with Crippen LogP contribution in [0.25, 0.3) is 0 Å².